The topological polar surface area (TPSA) is 128 Å². The number of rotatable bonds is 7. The molecule has 10 heteroatoms. The van der Waals surface area contributed by atoms with Crippen molar-refractivity contribution in [2.24, 2.45) is 0 Å². The summed E-state index contributed by atoms with van der Waals surface area (Å²) >= 11 is 6.11. The van der Waals surface area contributed by atoms with E-state index >= 15 is 0 Å². The highest BCUT2D eigenvalue weighted by Gasteiger charge is 2.13. The van der Waals surface area contributed by atoms with Gasteiger partial charge in [0, 0.05) is 23.5 Å². The van der Waals surface area contributed by atoms with Crippen LogP contribution in [0.25, 0.3) is 22.6 Å². The first-order chi connectivity index (χ1) is 15.0. The van der Waals surface area contributed by atoms with Gasteiger partial charge in [0.15, 0.2) is 0 Å². The Kier molecular flexibility index (Phi) is 5.82. The quantitative estimate of drug-likeness (QED) is 0.412. The molecule has 0 fully saturated rings. The van der Waals surface area contributed by atoms with E-state index in [-0.39, 0.29) is 18.4 Å². The highest BCUT2D eigenvalue weighted by Crippen LogP contribution is 2.24. The second kappa shape index (κ2) is 8.85. The van der Waals surface area contributed by atoms with Gasteiger partial charge in [-0.3, -0.25) is 14.6 Å². The van der Waals surface area contributed by atoms with Gasteiger partial charge in [-0.25, -0.2) is 4.98 Å². The van der Waals surface area contributed by atoms with Crippen LogP contribution in [0.2, 0.25) is 5.02 Å². The Morgan fingerprint density at radius 3 is 2.94 bits per heavy atom. The Morgan fingerprint density at radius 2 is 2.19 bits per heavy atom. The predicted molar refractivity (Wildman–Crippen MR) is 115 cm³/mol. The first kappa shape index (κ1) is 20.4. The average molecular weight is 435 g/mol. The standard InChI is InChI=1S/C21H19ClN8O/c1-13(26-21(31)8-16-7-19(28-27-16)20-10-24-12-25-20)11-30-5-4-18(29-30)14-2-3-15(9-23)17(22)6-14/h2-7,10,12-13H,8,11H2,1H3,(H,24,25)(H,26,31)(H,27,28)/t13-/m0/s1. The number of amides is 1. The number of halogens is 1. The van der Waals surface area contributed by atoms with Crippen LogP contribution in [0.15, 0.2) is 49.1 Å². The maximum Gasteiger partial charge on any atom is 0.226 e. The summed E-state index contributed by atoms with van der Waals surface area (Å²) in [5.41, 5.74) is 4.21. The van der Waals surface area contributed by atoms with Crippen LogP contribution in [0.3, 0.4) is 0 Å². The number of imidazole rings is 1. The van der Waals surface area contributed by atoms with Crippen LogP contribution in [0.5, 0.6) is 0 Å². The molecule has 3 aromatic heterocycles. The highest BCUT2D eigenvalue weighted by atomic mass is 35.5. The zero-order valence-electron chi connectivity index (χ0n) is 16.6. The van der Waals surface area contributed by atoms with Crippen LogP contribution in [0.4, 0.5) is 0 Å². The third-order valence-corrected chi connectivity index (χ3v) is 4.96. The summed E-state index contributed by atoms with van der Waals surface area (Å²) in [6.45, 7) is 2.43. The summed E-state index contributed by atoms with van der Waals surface area (Å²) in [5, 5.41) is 24.0. The van der Waals surface area contributed by atoms with Crippen molar-refractivity contribution in [2.75, 3.05) is 0 Å². The summed E-state index contributed by atoms with van der Waals surface area (Å²) < 4.78 is 1.76. The molecule has 1 aromatic carbocycles. The minimum atomic E-state index is -0.125. The van der Waals surface area contributed by atoms with Gasteiger partial charge in [0.1, 0.15) is 11.8 Å². The molecule has 1 atom stereocenters. The molecule has 0 aliphatic carbocycles. The van der Waals surface area contributed by atoms with Gasteiger partial charge in [0.25, 0.3) is 0 Å². The molecule has 4 aromatic rings. The van der Waals surface area contributed by atoms with Crippen molar-refractivity contribution in [3.63, 3.8) is 0 Å². The zero-order valence-corrected chi connectivity index (χ0v) is 17.4. The highest BCUT2D eigenvalue weighted by molar-refractivity contribution is 6.32. The predicted octanol–water partition coefficient (Wildman–Crippen LogP) is 2.94. The monoisotopic (exact) mass is 434 g/mol. The van der Waals surface area contributed by atoms with E-state index in [9.17, 15) is 4.79 Å². The lowest BCUT2D eigenvalue weighted by atomic mass is 10.1. The van der Waals surface area contributed by atoms with E-state index in [1.165, 1.54) is 0 Å². The lowest BCUT2D eigenvalue weighted by Crippen LogP contribution is -2.36. The molecule has 0 aliphatic rings. The number of aromatic amines is 2. The number of nitriles is 1. The molecular weight excluding hydrogens is 416 g/mol. The first-order valence-corrected chi connectivity index (χ1v) is 9.95. The van der Waals surface area contributed by atoms with Gasteiger partial charge in [0.05, 0.1) is 47.5 Å². The molecule has 0 aliphatic heterocycles. The second-order valence-corrected chi connectivity index (χ2v) is 7.53. The minimum Gasteiger partial charge on any atom is -0.351 e. The Morgan fingerprint density at radius 1 is 1.32 bits per heavy atom. The molecule has 1 amide bonds. The number of H-pyrrole nitrogens is 2. The van der Waals surface area contributed by atoms with Gasteiger partial charge in [-0.2, -0.15) is 15.5 Å². The molecule has 3 N–H and O–H groups in total. The SMILES string of the molecule is C[C@@H](Cn1ccc(-c2ccc(C#N)c(Cl)c2)n1)NC(=O)Cc1cc(-c2cnc[nH]2)n[nH]1. The fourth-order valence-electron chi connectivity index (χ4n) is 3.19. The minimum absolute atomic E-state index is 0.112. The van der Waals surface area contributed by atoms with Gasteiger partial charge in [-0.1, -0.05) is 17.7 Å². The number of carbonyl (C=O) groups is 1. The van der Waals surface area contributed by atoms with E-state index in [0.717, 1.165) is 17.0 Å². The van der Waals surface area contributed by atoms with Gasteiger partial charge in [-0.15, -0.1) is 0 Å². The van der Waals surface area contributed by atoms with Crippen LogP contribution in [-0.4, -0.2) is 41.9 Å². The van der Waals surface area contributed by atoms with E-state index < -0.39 is 0 Å². The Bertz CT molecular complexity index is 1230. The van der Waals surface area contributed by atoms with Crippen LogP contribution < -0.4 is 5.32 Å². The molecule has 0 spiro atoms. The van der Waals surface area contributed by atoms with Crippen molar-refractivity contribution >= 4 is 17.5 Å². The summed E-state index contributed by atoms with van der Waals surface area (Å²) in [5.74, 6) is -0.112. The molecule has 0 bridgehead atoms. The first-order valence-electron chi connectivity index (χ1n) is 9.57. The Labute approximate surface area is 183 Å². The van der Waals surface area contributed by atoms with E-state index in [1.807, 2.05) is 37.4 Å². The molecule has 31 heavy (non-hydrogen) atoms. The molecule has 0 saturated carbocycles. The van der Waals surface area contributed by atoms with E-state index in [0.29, 0.717) is 28.5 Å². The van der Waals surface area contributed by atoms with Crippen molar-refractivity contribution in [1.82, 2.24) is 35.3 Å². The fraction of sp³-hybridized carbons (Fsp3) is 0.190. The summed E-state index contributed by atoms with van der Waals surface area (Å²) in [7, 11) is 0. The van der Waals surface area contributed by atoms with Gasteiger partial charge < -0.3 is 10.3 Å². The fourth-order valence-corrected chi connectivity index (χ4v) is 3.42. The number of nitrogens with one attached hydrogen (secondary N) is 3. The van der Waals surface area contributed by atoms with Crippen LogP contribution in [0, 0.1) is 11.3 Å². The summed E-state index contributed by atoms with van der Waals surface area (Å²) in [4.78, 5) is 19.3. The number of hydrogen-bond acceptors (Lipinski definition) is 5. The van der Waals surface area contributed by atoms with Crippen molar-refractivity contribution in [2.45, 2.75) is 25.9 Å². The van der Waals surface area contributed by atoms with Crippen molar-refractivity contribution < 1.29 is 4.79 Å². The molecule has 0 radical (unpaired) electrons. The third kappa shape index (κ3) is 4.82. The number of benzene rings is 1. The number of aromatic nitrogens is 6. The van der Waals surface area contributed by atoms with Crippen molar-refractivity contribution in [1.29, 1.82) is 5.26 Å². The second-order valence-electron chi connectivity index (χ2n) is 7.12. The Balaban J connectivity index is 1.33. The Hall–Kier alpha value is -3.90. The number of nitrogens with zero attached hydrogens (tertiary/aromatic N) is 5. The number of hydrogen-bond donors (Lipinski definition) is 3. The largest absolute Gasteiger partial charge is 0.351 e. The number of carbonyl (C=O) groups excluding carboxylic acids is 1. The lowest BCUT2D eigenvalue weighted by Gasteiger charge is -2.13. The smallest absolute Gasteiger partial charge is 0.226 e. The maximum absolute atomic E-state index is 12.4. The summed E-state index contributed by atoms with van der Waals surface area (Å²) in [6.07, 6.45) is 5.29. The van der Waals surface area contributed by atoms with Crippen LogP contribution in [-0.2, 0) is 17.8 Å². The molecular formula is C21H19ClN8O. The normalized spacial score (nSPS) is 11.8. The molecule has 156 valence electrons. The van der Waals surface area contributed by atoms with E-state index in [1.54, 1.807) is 29.3 Å². The molecule has 4 rings (SSSR count). The molecule has 9 nitrogen and oxygen atoms in total. The zero-order chi connectivity index (χ0) is 21.8. The molecule has 0 unspecified atom stereocenters. The van der Waals surface area contributed by atoms with Gasteiger partial charge in [-0.05, 0) is 31.2 Å². The molecule has 3 heterocycles. The van der Waals surface area contributed by atoms with Gasteiger partial charge in [0.2, 0.25) is 5.91 Å². The average Bonchev–Trinajstić information content (AvgIpc) is 3.49. The van der Waals surface area contributed by atoms with Crippen molar-refractivity contribution in [3.8, 4) is 28.7 Å². The van der Waals surface area contributed by atoms with E-state index in [2.05, 4.69) is 30.6 Å². The van der Waals surface area contributed by atoms with Crippen LogP contribution >= 0.6 is 11.6 Å². The third-order valence-electron chi connectivity index (χ3n) is 4.65. The van der Waals surface area contributed by atoms with Crippen LogP contribution in [0.1, 0.15) is 18.2 Å². The summed E-state index contributed by atoms with van der Waals surface area (Å²) in [6, 6.07) is 10.8. The maximum atomic E-state index is 12.4. The van der Waals surface area contributed by atoms with Crippen molar-refractivity contribution in [3.05, 3.63) is 65.3 Å². The van der Waals surface area contributed by atoms with E-state index in [4.69, 9.17) is 16.9 Å². The van der Waals surface area contributed by atoms with Gasteiger partial charge >= 0.3 is 0 Å². The molecule has 0 saturated heterocycles. The lowest BCUT2D eigenvalue weighted by molar-refractivity contribution is -0.121.